The SMILES string of the molecule is N#Cc1c(F)cccc1N1CCN(c2ccnc(N3CCCCC3)n2)CC1. The van der Waals surface area contributed by atoms with Crippen molar-refractivity contribution in [2.45, 2.75) is 19.3 Å². The van der Waals surface area contributed by atoms with Gasteiger partial charge in [0.15, 0.2) is 0 Å². The van der Waals surface area contributed by atoms with Crippen LogP contribution in [0, 0.1) is 17.1 Å². The number of piperidine rings is 1. The van der Waals surface area contributed by atoms with Gasteiger partial charge in [-0.3, -0.25) is 0 Å². The number of nitriles is 1. The summed E-state index contributed by atoms with van der Waals surface area (Å²) in [5.74, 6) is 1.29. The van der Waals surface area contributed by atoms with E-state index in [2.05, 4.69) is 19.7 Å². The summed E-state index contributed by atoms with van der Waals surface area (Å²) < 4.78 is 13.9. The van der Waals surface area contributed by atoms with Gasteiger partial charge >= 0.3 is 0 Å². The van der Waals surface area contributed by atoms with Crippen molar-refractivity contribution in [3.8, 4) is 6.07 Å². The minimum absolute atomic E-state index is 0.125. The highest BCUT2D eigenvalue weighted by Gasteiger charge is 2.22. The van der Waals surface area contributed by atoms with Crippen LogP contribution in [0.1, 0.15) is 24.8 Å². The average Bonchev–Trinajstić information content (AvgIpc) is 2.74. The van der Waals surface area contributed by atoms with Crippen LogP contribution in [0.4, 0.5) is 21.8 Å². The third kappa shape index (κ3) is 3.65. The molecular weight excluding hydrogens is 343 g/mol. The van der Waals surface area contributed by atoms with Crippen LogP contribution in [-0.4, -0.2) is 49.2 Å². The largest absolute Gasteiger partial charge is 0.367 e. The van der Waals surface area contributed by atoms with E-state index in [1.807, 2.05) is 24.4 Å². The molecule has 2 saturated heterocycles. The van der Waals surface area contributed by atoms with E-state index in [4.69, 9.17) is 4.98 Å². The Morgan fingerprint density at radius 1 is 0.889 bits per heavy atom. The minimum atomic E-state index is -0.459. The molecule has 27 heavy (non-hydrogen) atoms. The van der Waals surface area contributed by atoms with Gasteiger partial charge < -0.3 is 14.7 Å². The van der Waals surface area contributed by atoms with Crippen molar-refractivity contribution >= 4 is 17.5 Å². The first kappa shape index (κ1) is 17.5. The van der Waals surface area contributed by atoms with Crippen LogP contribution in [0.2, 0.25) is 0 Å². The molecule has 0 amide bonds. The van der Waals surface area contributed by atoms with Gasteiger partial charge in [0.1, 0.15) is 23.3 Å². The zero-order valence-electron chi connectivity index (χ0n) is 15.3. The lowest BCUT2D eigenvalue weighted by molar-refractivity contribution is 0.567. The average molecular weight is 366 g/mol. The van der Waals surface area contributed by atoms with Crippen molar-refractivity contribution in [3.05, 3.63) is 41.8 Å². The van der Waals surface area contributed by atoms with Gasteiger partial charge in [0.2, 0.25) is 5.95 Å². The van der Waals surface area contributed by atoms with Crippen LogP contribution in [0.5, 0.6) is 0 Å². The number of halogens is 1. The number of hydrogen-bond donors (Lipinski definition) is 0. The Morgan fingerprint density at radius 3 is 2.37 bits per heavy atom. The van der Waals surface area contributed by atoms with Crippen LogP contribution in [0.15, 0.2) is 30.5 Å². The summed E-state index contributed by atoms with van der Waals surface area (Å²) in [4.78, 5) is 15.8. The first-order chi connectivity index (χ1) is 13.3. The van der Waals surface area contributed by atoms with Crippen LogP contribution in [0.25, 0.3) is 0 Å². The van der Waals surface area contributed by atoms with Crippen LogP contribution in [-0.2, 0) is 0 Å². The highest BCUT2D eigenvalue weighted by atomic mass is 19.1. The highest BCUT2D eigenvalue weighted by Crippen LogP contribution is 2.25. The van der Waals surface area contributed by atoms with E-state index < -0.39 is 5.82 Å². The smallest absolute Gasteiger partial charge is 0.227 e. The topological polar surface area (TPSA) is 59.3 Å². The third-order valence-electron chi connectivity index (χ3n) is 5.31. The Bertz CT molecular complexity index is 835. The fraction of sp³-hybridized carbons (Fsp3) is 0.450. The van der Waals surface area contributed by atoms with Crippen molar-refractivity contribution in [1.82, 2.24) is 9.97 Å². The van der Waals surface area contributed by atoms with Crippen molar-refractivity contribution in [3.63, 3.8) is 0 Å². The van der Waals surface area contributed by atoms with Crippen LogP contribution < -0.4 is 14.7 Å². The molecular formula is C20H23FN6. The lowest BCUT2D eigenvalue weighted by Gasteiger charge is -2.37. The standard InChI is InChI=1S/C20H23FN6/c21-17-5-4-6-18(16(17)15-22)25-11-13-26(14-12-25)19-7-8-23-20(24-19)27-9-2-1-3-10-27/h4-8H,1-3,9-14H2. The van der Waals surface area contributed by atoms with Crippen LogP contribution in [0.3, 0.4) is 0 Å². The summed E-state index contributed by atoms with van der Waals surface area (Å²) in [5, 5.41) is 9.27. The third-order valence-corrected chi connectivity index (χ3v) is 5.31. The zero-order chi connectivity index (χ0) is 18.6. The molecule has 1 aromatic heterocycles. The molecule has 0 unspecified atom stereocenters. The Morgan fingerprint density at radius 2 is 1.63 bits per heavy atom. The van der Waals surface area contributed by atoms with E-state index in [1.54, 1.807) is 6.07 Å². The molecule has 0 N–H and O–H groups in total. The van der Waals surface area contributed by atoms with Gasteiger partial charge in [-0.05, 0) is 37.5 Å². The van der Waals surface area contributed by atoms with Gasteiger partial charge in [-0.15, -0.1) is 0 Å². The summed E-state index contributed by atoms with van der Waals surface area (Å²) in [6, 6.07) is 8.75. The normalized spacial score (nSPS) is 17.7. The summed E-state index contributed by atoms with van der Waals surface area (Å²) in [6.45, 7) is 5.04. The minimum Gasteiger partial charge on any atom is -0.367 e. The van der Waals surface area contributed by atoms with E-state index in [0.29, 0.717) is 5.69 Å². The molecule has 2 aromatic rings. The second-order valence-electron chi connectivity index (χ2n) is 6.98. The Hall–Kier alpha value is -2.88. The van der Waals surface area contributed by atoms with Gasteiger partial charge in [0.05, 0.1) is 5.69 Å². The second-order valence-corrected chi connectivity index (χ2v) is 6.98. The molecule has 0 aliphatic carbocycles. The van der Waals surface area contributed by atoms with E-state index in [0.717, 1.165) is 51.0 Å². The molecule has 3 heterocycles. The number of piperazine rings is 1. The fourth-order valence-electron chi connectivity index (χ4n) is 3.82. The number of benzene rings is 1. The van der Waals surface area contributed by atoms with Gasteiger partial charge in [0, 0.05) is 45.5 Å². The van der Waals surface area contributed by atoms with E-state index in [1.165, 1.54) is 25.3 Å². The van der Waals surface area contributed by atoms with Crippen molar-refractivity contribution < 1.29 is 4.39 Å². The molecule has 2 fully saturated rings. The Labute approximate surface area is 158 Å². The molecule has 140 valence electrons. The molecule has 4 rings (SSSR count). The van der Waals surface area contributed by atoms with Crippen molar-refractivity contribution in [2.75, 3.05) is 54.0 Å². The molecule has 2 aliphatic rings. The quantitative estimate of drug-likeness (QED) is 0.833. The van der Waals surface area contributed by atoms with Crippen LogP contribution >= 0.6 is 0 Å². The lowest BCUT2D eigenvalue weighted by atomic mass is 10.1. The Balaban J connectivity index is 1.45. The molecule has 0 atom stereocenters. The maximum Gasteiger partial charge on any atom is 0.227 e. The maximum atomic E-state index is 13.9. The van der Waals surface area contributed by atoms with Crippen molar-refractivity contribution in [1.29, 1.82) is 5.26 Å². The number of hydrogen-bond acceptors (Lipinski definition) is 6. The predicted octanol–water partition coefficient (Wildman–Crippen LogP) is 2.80. The van der Waals surface area contributed by atoms with Gasteiger partial charge in [-0.1, -0.05) is 6.07 Å². The molecule has 6 nitrogen and oxygen atoms in total. The second kappa shape index (κ2) is 7.78. The van der Waals surface area contributed by atoms with Crippen molar-refractivity contribution in [2.24, 2.45) is 0 Å². The monoisotopic (exact) mass is 366 g/mol. The van der Waals surface area contributed by atoms with Gasteiger partial charge in [0.25, 0.3) is 0 Å². The molecule has 7 heteroatoms. The number of anilines is 3. The number of rotatable bonds is 3. The van der Waals surface area contributed by atoms with E-state index in [9.17, 15) is 9.65 Å². The van der Waals surface area contributed by atoms with Gasteiger partial charge in [-0.25, -0.2) is 9.37 Å². The first-order valence-corrected chi connectivity index (χ1v) is 9.53. The molecule has 0 spiro atoms. The summed E-state index contributed by atoms with van der Waals surface area (Å²) in [6.07, 6.45) is 5.50. The number of aromatic nitrogens is 2. The molecule has 0 radical (unpaired) electrons. The molecule has 1 aromatic carbocycles. The molecule has 0 bridgehead atoms. The summed E-state index contributed by atoms with van der Waals surface area (Å²) in [7, 11) is 0. The van der Waals surface area contributed by atoms with E-state index >= 15 is 0 Å². The number of nitrogens with zero attached hydrogens (tertiary/aromatic N) is 6. The molecule has 2 aliphatic heterocycles. The first-order valence-electron chi connectivity index (χ1n) is 9.53. The molecule has 0 saturated carbocycles. The summed E-state index contributed by atoms with van der Waals surface area (Å²) >= 11 is 0. The van der Waals surface area contributed by atoms with Gasteiger partial charge in [-0.2, -0.15) is 10.2 Å². The predicted molar refractivity (Wildman–Crippen MR) is 104 cm³/mol. The fourth-order valence-corrected chi connectivity index (χ4v) is 3.82. The zero-order valence-corrected chi connectivity index (χ0v) is 15.3. The lowest BCUT2D eigenvalue weighted by Crippen LogP contribution is -2.47. The Kier molecular flexibility index (Phi) is 5.05. The highest BCUT2D eigenvalue weighted by molar-refractivity contribution is 5.61. The van der Waals surface area contributed by atoms with E-state index in [-0.39, 0.29) is 5.56 Å². The summed E-state index contributed by atoms with van der Waals surface area (Å²) in [5.41, 5.74) is 0.800. The maximum absolute atomic E-state index is 13.9.